The lowest BCUT2D eigenvalue weighted by atomic mass is 10.2. The molecule has 0 aliphatic rings. The van der Waals surface area contributed by atoms with E-state index in [0.717, 1.165) is 0 Å². The normalized spacial score (nSPS) is 11.5. The highest BCUT2D eigenvalue weighted by atomic mass is 35.5. The first-order chi connectivity index (χ1) is 12.2. The molecule has 2 aromatic heterocycles. The lowest BCUT2D eigenvalue weighted by Crippen LogP contribution is -2.18. The van der Waals surface area contributed by atoms with Crippen LogP contribution in [0, 0.1) is 13.8 Å². The number of rotatable bonds is 4. The van der Waals surface area contributed by atoms with Crippen molar-refractivity contribution < 1.29 is 17.9 Å². The van der Waals surface area contributed by atoms with Crippen molar-refractivity contribution >= 4 is 39.1 Å². The van der Waals surface area contributed by atoms with E-state index in [1.807, 2.05) is 0 Å². The van der Waals surface area contributed by atoms with Crippen molar-refractivity contribution in [2.45, 2.75) is 19.0 Å². The van der Waals surface area contributed by atoms with Gasteiger partial charge in [0.25, 0.3) is 21.0 Å². The number of sulfonamides is 1. The molecule has 26 heavy (non-hydrogen) atoms. The number of carbonyl (C=O) groups excluding carboxylic acids is 1. The van der Waals surface area contributed by atoms with Crippen LogP contribution in [0.15, 0.2) is 29.4 Å². The van der Waals surface area contributed by atoms with E-state index in [9.17, 15) is 13.2 Å². The second kappa shape index (κ2) is 6.54. The minimum atomic E-state index is -4.22. The Morgan fingerprint density at radius 1 is 1.27 bits per heavy atom. The van der Waals surface area contributed by atoms with Crippen molar-refractivity contribution in [1.82, 2.24) is 19.6 Å². The molecule has 1 aromatic carbocycles. The van der Waals surface area contributed by atoms with Crippen molar-refractivity contribution in [2.24, 2.45) is 0 Å². The van der Waals surface area contributed by atoms with E-state index in [2.05, 4.69) is 24.5 Å². The van der Waals surface area contributed by atoms with Gasteiger partial charge in [-0.25, -0.2) is 14.3 Å². The summed E-state index contributed by atoms with van der Waals surface area (Å²) >= 11 is 6.06. The number of methoxy groups -OCH3 is 1. The Hall–Kier alpha value is -2.72. The molecule has 1 N–H and O–H groups in total. The first-order valence-electron chi connectivity index (χ1n) is 7.33. The molecule has 3 rings (SSSR count). The highest BCUT2D eigenvalue weighted by Gasteiger charge is 2.25. The molecule has 0 radical (unpaired) electrons. The van der Waals surface area contributed by atoms with Gasteiger partial charge in [0, 0.05) is 11.4 Å². The van der Waals surface area contributed by atoms with Crippen molar-refractivity contribution in [1.29, 1.82) is 0 Å². The summed E-state index contributed by atoms with van der Waals surface area (Å²) in [4.78, 5) is 20.0. The van der Waals surface area contributed by atoms with Gasteiger partial charge in [-0.1, -0.05) is 17.7 Å². The van der Waals surface area contributed by atoms with Gasteiger partial charge in [0.2, 0.25) is 0 Å². The summed E-state index contributed by atoms with van der Waals surface area (Å²) in [6.45, 7) is 3.52. The zero-order valence-corrected chi connectivity index (χ0v) is 15.6. The van der Waals surface area contributed by atoms with Crippen LogP contribution in [0.1, 0.15) is 21.7 Å². The van der Waals surface area contributed by atoms with Gasteiger partial charge in [-0.15, -0.1) is 5.10 Å². The highest BCUT2D eigenvalue weighted by molar-refractivity contribution is 7.92. The third-order valence-electron chi connectivity index (χ3n) is 3.49. The Morgan fingerprint density at radius 2 is 2.00 bits per heavy atom. The summed E-state index contributed by atoms with van der Waals surface area (Å²) in [5.74, 6) is -0.587. The minimum absolute atomic E-state index is 0.0301. The fourth-order valence-corrected chi connectivity index (χ4v) is 3.60. The summed E-state index contributed by atoms with van der Waals surface area (Å²) in [5, 5.41) is 3.52. The number of carbonyl (C=O) groups is 1. The van der Waals surface area contributed by atoms with Crippen LogP contribution < -0.4 is 4.72 Å². The second-order valence-corrected chi connectivity index (χ2v) is 7.39. The van der Waals surface area contributed by atoms with E-state index in [-0.39, 0.29) is 22.1 Å². The lowest BCUT2D eigenvalue weighted by Gasteiger charge is -2.11. The van der Waals surface area contributed by atoms with E-state index >= 15 is 0 Å². The minimum Gasteiger partial charge on any atom is -0.465 e. The molecule has 0 atom stereocenters. The van der Waals surface area contributed by atoms with E-state index in [0.29, 0.717) is 11.4 Å². The number of benzene rings is 1. The molecule has 0 aliphatic heterocycles. The predicted molar refractivity (Wildman–Crippen MR) is 93.9 cm³/mol. The van der Waals surface area contributed by atoms with Crippen LogP contribution in [0.25, 0.3) is 5.78 Å². The average molecular weight is 396 g/mol. The number of hydrogen-bond donors (Lipinski definition) is 1. The van der Waals surface area contributed by atoms with Gasteiger partial charge < -0.3 is 4.74 Å². The number of esters is 1. The van der Waals surface area contributed by atoms with Crippen LogP contribution in [-0.4, -0.2) is 41.1 Å². The second-order valence-electron chi connectivity index (χ2n) is 5.40. The van der Waals surface area contributed by atoms with Gasteiger partial charge in [-0.05, 0) is 32.0 Å². The molecule has 0 aliphatic carbocycles. The number of anilines is 1. The summed E-state index contributed by atoms with van der Waals surface area (Å²) in [5.41, 5.74) is 1.21. The molecule has 0 saturated heterocycles. The summed E-state index contributed by atoms with van der Waals surface area (Å²) in [6, 6.07) is 6.08. The first-order valence-corrected chi connectivity index (χ1v) is 9.19. The van der Waals surface area contributed by atoms with Crippen LogP contribution in [0.4, 0.5) is 5.69 Å². The summed E-state index contributed by atoms with van der Waals surface area (Å²) < 4.78 is 33.6. The zero-order valence-electron chi connectivity index (χ0n) is 14.0. The fourth-order valence-electron chi connectivity index (χ4n) is 2.35. The van der Waals surface area contributed by atoms with Crippen molar-refractivity contribution in [3.8, 4) is 0 Å². The smallest absolute Gasteiger partial charge is 0.340 e. The number of hydrogen-bond acceptors (Lipinski definition) is 7. The number of aromatic nitrogens is 4. The van der Waals surface area contributed by atoms with Crippen LogP contribution in [0.5, 0.6) is 0 Å². The summed E-state index contributed by atoms with van der Waals surface area (Å²) in [7, 11) is -3.03. The number of ether oxygens (including phenoxy) is 1. The third-order valence-corrected chi connectivity index (χ3v) is 4.94. The number of halogens is 1. The van der Waals surface area contributed by atoms with Crippen LogP contribution >= 0.6 is 11.6 Å². The monoisotopic (exact) mass is 395 g/mol. The van der Waals surface area contributed by atoms with Crippen molar-refractivity contribution in [2.75, 3.05) is 11.8 Å². The van der Waals surface area contributed by atoms with E-state index in [1.165, 1.54) is 29.8 Å². The van der Waals surface area contributed by atoms with Crippen LogP contribution in [0.2, 0.25) is 5.02 Å². The van der Waals surface area contributed by atoms with Crippen molar-refractivity contribution in [3.63, 3.8) is 0 Å². The Kier molecular flexibility index (Phi) is 4.55. The molecule has 0 bridgehead atoms. The standard InChI is InChI=1S/C15H14ClN5O4S/c1-8-7-9(2)21-14(17-8)18-15(19-21)26(23,24)20-12-10(13(22)25-3)5-4-6-11(12)16/h4-7,20H,1-3H3. The molecule has 0 unspecified atom stereocenters. The largest absolute Gasteiger partial charge is 0.465 e. The molecule has 11 heteroatoms. The van der Waals surface area contributed by atoms with E-state index < -0.39 is 21.1 Å². The van der Waals surface area contributed by atoms with Gasteiger partial charge in [-0.3, -0.25) is 4.72 Å². The Labute approximate surface area is 154 Å². The number of aryl methyl sites for hydroxylation is 2. The molecule has 136 valence electrons. The molecular formula is C15H14ClN5O4S. The first kappa shape index (κ1) is 18.1. The lowest BCUT2D eigenvalue weighted by molar-refractivity contribution is 0.0602. The maximum absolute atomic E-state index is 12.7. The van der Waals surface area contributed by atoms with E-state index in [1.54, 1.807) is 19.9 Å². The summed E-state index contributed by atoms with van der Waals surface area (Å²) in [6.07, 6.45) is 0. The average Bonchev–Trinajstić information content (AvgIpc) is 3.01. The number of nitrogens with one attached hydrogen (secondary N) is 1. The maximum Gasteiger partial charge on any atom is 0.340 e. The SMILES string of the molecule is COC(=O)c1cccc(Cl)c1NS(=O)(=O)c1nc2nc(C)cc(C)n2n1. The topological polar surface area (TPSA) is 116 Å². The van der Waals surface area contributed by atoms with Gasteiger partial charge in [0.1, 0.15) is 0 Å². The Morgan fingerprint density at radius 3 is 2.69 bits per heavy atom. The van der Waals surface area contributed by atoms with Crippen molar-refractivity contribution in [3.05, 3.63) is 46.2 Å². The molecule has 9 nitrogen and oxygen atoms in total. The van der Waals surface area contributed by atoms with Gasteiger partial charge in [0.05, 0.1) is 23.4 Å². The highest BCUT2D eigenvalue weighted by Crippen LogP contribution is 2.28. The Balaban J connectivity index is 2.08. The molecule has 0 fully saturated rings. The quantitative estimate of drug-likeness (QED) is 0.671. The van der Waals surface area contributed by atoms with Crippen LogP contribution in [0.3, 0.4) is 0 Å². The van der Waals surface area contributed by atoms with Gasteiger partial charge >= 0.3 is 5.97 Å². The number of fused-ring (bicyclic) bond motifs is 1. The van der Waals surface area contributed by atoms with Gasteiger partial charge in [0.15, 0.2) is 0 Å². The molecule has 3 aromatic rings. The third kappa shape index (κ3) is 3.20. The van der Waals surface area contributed by atoms with E-state index in [4.69, 9.17) is 11.6 Å². The molecule has 0 amide bonds. The molecule has 0 spiro atoms. The number of para-hydroxylation sites is 1. The number of nitrogens with zero attached hydrogens (tertiary/aromatic N) is 4. The molecular weight excluding hydrogens is 382 g/mol. The zero-order chi connectivity index (χ0) is 19.1. The molecule has 0 saturated carbocycles. The maximum atomic E-state index is 12.7. The van der Waals surface area contributed by atoms with Gasteiger partial charge in [-0.2, -0.15) is 13.4 Å². The molecule has 2 heterocycles. The Bertz CT molecular complexity index is 1130. The predicted octanol–water partition coefficient (Wildman–Crippen LogP) is 1.98. The fraction of sp³-hybridized carbons (Fsp3) is 0.200. The van der Waals surface area contributed by atoms with Crippen LogP contribution in [-0.2, 0) is 14.8 Å².